The fraction of sp³-hybridized carbons (Fsp3) is 0.333. The van der Waals surface area contributed by atoms with Crippen LogP contribution in [0.25, 0.3) is 0 Å². The fourth-order valence-electron chi connectivity index (χ4n) is 2.22. The number of aryl methyl sites for hydroxylation is 2. The molecule has 0 bridgehead atoms. The average molecular weight is 245 g/mol. The number of nitrogens with one attached hydrogen (secondary N) is 1. The van der Waals surface area contributed by atoms with Gasteiger partial charge in [-0.15, -0.1) is 0 Å². The molecule has 0 radical (unpaired) electrons. The Kier molecular flexibility index (Phi) is 3.72. The third kappa shape index (κ3) is 2.41. The Labute approximate surface area is 108 Å². The molecule has 1 unspecified atom stereocenters. The zero-order chi connectivity index (χ0) is 13.1. The van der Waals surface area contributed by atoms with Gasteiger partial charge in [0.2, 0.25) is 0 Å². The van der Waals surface area contributed by atoms with E-state index in [4.69, 9.17) is 9.15 Å². The zero-order valence-electron chi connectivity index (χ0n) is 11.3. The van der Waals surface area contributed by atoms with Crippen LogP contribution in [0.3, 0.4) is 0 Å². The summed E-state index contributed by atoms with van der Waals surface area (Å²) in [5.74, 6) is 1.81. The third-order valence-corrected chi connectivity index (χ3v) is 3.16. The number of methoxy groups -OCH3 is 1. The van der Waals surface area contributed by atoms with Gasteiger partial charge < -0.3 is 14.5 Å². The van der Waals surface area contributed by atoms with Gasteiger partial charge in [0.25, 0.3) is 0 Å². The van der Waals surface area contributed by atoms with Gasteiger partial charge in [-0.1, -0.05) is 6.07 Å². The lowest BCUT2D eigenvalue weighted by Crippen LogP contribution is -2.18. The van der Waals surface area contributed by atoms with Gasteiger partial charge in [0.15, 0.2) is 0 Å². The second kappa shape index (κ2) is 5.27. The van der Waals surface area contributed by atoms with Gasteiger partial charge in [-0.05, 0) is 50.2 Å². The van der Waals surface area contributed by atoms with E-state index in [1.54, 1.807) is 13.4 Å². The van der Waals surface area contributed by atoms with E-state index in [1.165, 1.54) is 11.1 Å². The summed E-state index contributed by atoms with van der Waals surface area (Å²) in [5.41, 5.74) is 3.58. The largest absolute Gasteiger partial charge is 0.497 e. The quantitative estimate of drug-likeness (QED) is 0.898. The van der Waals surface area contributed by atoms with E-state index in [-0.39, 0.29) is 6.04 Å². The maximum Gasteiger partial charge on any atom is 0.119 e. The summed E-state index contributed by atoms with van der Waals surface area (Å²) in [6.45, 7) is 4.05. The second-order valence-corrected chi connectivity index (χ2v) is 4.43. The number of hydrogen-bond acceptors (Lipinski definition) is 3. The maximum atomic E-state index is 5.39. The van der Waals surface area contributed by atoms with Crippen LogP contribution in [0.2, 0.25) is 0 Å². The molecule has 1 aromatic carbocycles. The molecule has 0 aliphatic heterocycles. The standard InChI is InChI=1S/C15H19NO2/c1-10-7-13(17-4)5-6-14(10)15(16-3)12-8-11(2)18-9-12/h5-9,15-16H,1-4H3. The van der Waals surface area contributed by atoms with E-state index in [9.17, 15) is 0 Å². The molecular weight excluding hydrogens is 226 g/mol. The molecule has 0 amide bonds. The Balaban J connectivity index is 2.39. The molecule has 96 valence electrons. The first-order valence-electron chi connectivity index (χ1n) is 6.02. The molecule has 1 heterocycles. The first-order chi connectivity index (χ1) is 8.65. The summed E-state index contributed by atoms with van der Waals surface area (Å²) in [4.78, 5) is 0. The van der Waals surface area contributed by atoms with Crippen LogP contribution in [-0.2, 0) is 0 Å². The Bertz CT molecular complexity index is 531. The van der Waals surface area contributed by atoms with E-state index >= 15 is 0 Å². The van der Waals surface area contributed by atoms with Crippen molar-refractivity contribution < 1.29 is 9.15 Å². The summed E-state index contributed by atoms with van der Waals surface area (Å²) >= 11 is 0. The summed E-state index contributed by atoms with van der Waals surface area (Å²) in [6.07, 6.45) is 1.81. The number of rotatable bonds is 4. The van der Waals surface area contributed by atoms with Crippen LogP contribution in [0, 0.1) is 13.8 Å². The van der Waals surface area contributed by atoms with E-state index in [0.717, 1.165) is 17.1 Å². The Morgan fingerprint density at radius 1 is 1.22 bits per heavy atom. The predicted octanol–water partition coefficient (Wildman–Crippen LogP) is 3.21. The summed E-state index contributed by atoms with van der Waals surface area (Å²) in [5, 5.41) is 3.33. The highest BCUT2D eigenvalue weighted by Gasteiger charge is 2.16. The van der Waals surface area contributed by atoms with Crippen LogP contribution in [0.15, 0.2) is 34.9 Å². The van der Waals surface area contributed by atoms with Crippen LogP contribution in [-0.4, -0.2) is 14.2 Å². The van der Waals surface area contributed by atoms with Crippen molar-refractivity contribution in [2.24, 2.45) is 0 Å². The normalized spacial score (nSPS) is 12.4. The molecule has 2 aromatic rings. The summed E-state index contributed by atoms with van der Waals surface area (Å²) < 4.78 is 10.6. The molecule has 3 heteroatoms. The first kappa shape index (κ1) is 12.7. The predicted molar refractivity (Wildman–Crippen MR) is 72.1 cm³/mol. The average Bonchev–Trinajstić information content (AvgIpc) is 2.78. The summed E-state index contributed by atoms with van der Waals surface area (Å²) in [6, 6.07) is 8.34. The van der Waals surface area contributed by atoms with Crippen LogP contribution in [0.4, 0.5) is 0 Å². The number of hydrogen-bond donors (Lipinski definition) is 1. The lowest BCUT2D eigenvalue weighted by Gasteiger charge is -2.18. The maximum absolute atomic E-state index is 5.39. The van der Waals surface area contributed by atoms with Gasteiger partial charge in [-0.25, -0.2) is 0 Å². The molecule has 0 fully saturated rings. The lowest BCUT2D eigenvalue weighted by atomic mass is 9.96. The molecule has 1 N–H and O–H groups in total. The van der Waals surface area contributed by atoms with Crippen molar-refractivity contribution in [3.05, 3.63) is 53.0 Å². The van der Waals surface area contributed by atoms with Crippen molar-refractivity contribution in [1.82, 2.24) is 5.32 Å². The molecule has 3 nitrogen and oxygen atoms in total. The fourth-order valence-corrected chi connectivity index (χ4v) is 2.22. The third-order valence-electron chi connectivity index (χ3n) is 3.16. The second-order valence-electron chi connectivity index (χ2n) is 4.43. The molecule has 0 aliphatic carbocycles. The van der Waals surface area contributed by atoms with Crippen LogP contribution < -0.4 is 10.1 Å². The topological polar surface area (TPSA) is 34.4 Å². The lowest BCUT2D eigenvalue weighted by molar-refractivity contribution is 0.414. The molecule has 2 rings (SSSR count). The molecular formula is C15H19NO2. The highest BCUT2D eigenvalue weighted by atomic mass is 16.5. The van der Waals surface area contributed by atoms with Crippen LogP contribution >= 0.6 is 0 Å². The first-order valence-corrected chi connectivity index (χ1v) is 6.02. The molecule has 1 aromatic heterocycles. The minimum Gasteiger partial charge on any atom is -0.497 e. The highest BCUT2D eigenvalue weighted by Crippen LogP contribution is 2.28. The van der Waals surface area contributed by atoms with Gasteiger partial charge in [-0.3, -0.25) is 0 Å². The zero-order valence-corrected chi connectivity index (χ0v) is 11.3. The van der Waals surface area contributed by atoms with Gasteiger partial charge in [0, 0.05) is 5.56 Å². The smallest absolute Gasteiger partial charge is 0.119 e. The Hall–Kier alpha value is -1.74. The molecule has 18 heavy (non-hydrogen) atoms. The van der Waals surface area contributed by atoms with Crippen LogP contribution in [0.5, 0.6) is 5.75 Å². The minimum absolute atomic E-state index is 0.147. The van der Waals surface area contributed by atoms with Crippen molar-refractivity contribution in [1.29, 1.82) is 0 Å². The van der Waals surface area contributed by atoms with Gasteiger partial charge >= 0.3 is 0 Å². The van der Waals surface area contributed by atoms with E-state index in [2.05, 4.69) is 24.4 Å². The van der Waals surface area contributed by atoms with Crippen LogP contribution in [0.1, 0.15) is 28.5 Å². The van der Waals surface area contributed by atoms with Gasteiger partial charge in [-0.2, -0.15) is 0 Å². The van der Waals surface area contributed by atoms with Crippen molar-refractivity contribution in [3.8, 4) is 5.75 Å². The highest BCUT2D eigenvalue weighted by molar-refractivity contribution is 5.40. The van der Waals surface area contributed by atoms with Crippen molar-refractivity contribution in [2.75, 3.05) is 14.2 Å². The van der Waals surface area contributed by atoms with Crippen molar-refractivity contribution in [3.63, 3.8) is 0 Å². The minimum atomic E-state index is 0.147. The van der Waals surface area contributed by atoms with E-state index in [1.807, 2.05) is 26.1 Å². The molecule has 0 spiro atoms. The number of benzene rings is 1. The van der Waals surface area contributed by atoms with Crippen molar-refractivity contribution >= 4 is 0 Å². The Morgan fingerprint density at radius 3 is 2.50 bits per heavy atom. The summed E-state index contributed by atoms with van der Waals surface area (Å²) in [7, 11) is 3.64. The van der Waals surface area contributed by atoms with Gasteiger partial charge in [0.05, 0.1) is 19.4 Å². The molecule has 1 atom stereocenters. The SMILES string of the molecule is CNC(c1coc(C)c1)c1ccc(OC)cc1C. The van der Waals surface area contributed by atoms with Gasteiger partial charge in [0.1, 0.15) is 11.5 Å². The Morgan fingerprint density at radius 2 is 2.00 bits per heavy atom. The molecule has 0 saturated carbocycles. The molecule has 0 saturated heterocycles. The monoisotopic (exact) mass is 245 g/mol. The van der Waals surface area contributed by atoms with Crippen molar-refractivity contribution in [2.45, 2.75) is 19.9 Å². The number of ether oxygens (including phenoxy) is 1. The van der Waals surface area contributed by atoms with E-state index in [0.29, 0.717) is 0 Å². The number of furan rings is 1. The molecule has 0 aliphatic rings. The van der Waals surface area contributed by atoms with E-state index < -0.39 is 0 Å².